The van der Waals surface area contributed by atoms with Gasteiger partial charge in [-0.25, -0.2) is 14.4 Å². The average molecular weight is 403 g/mol. The number of esters is 2. The van der Waals surface area contributed by atoms with Gasteiger partial charge >= 0.3 is 17.8 Å². The van der Waals surface area contributed by atoms with E-state index in [-0.39, 0.29) is 6.61 Å². The summed E-state index contributed by atoms with van der Waals surface area (Å²) in [5.41, 5.74) is 2.73. The zero-order chi connectivity index (χ0) is 21.0. The van der Waals surface area contributed by atoms with Crippen molar-refractivity contribution >= 4 is 28.8 Å². The number of rotatable bonds is 8. The van der Waals surface area contributed by atoms with Crippen LogP contribution in [0, 0.1) is 0 Å². The molecule has 0 saturated carbocycles. The van der Waals surface area contributed by atoms with Crippen molar-refractivity contribution in [3.05, 3.63) is 40.1 Å². The second kappa shape index (κ2) is 8.98. The van der Waals surface area contributed by atoms with Crippen LogP contribution < -0.4 is 10.7 Å². The van der Waals surface area contributed by atoms with Crippen LogP contribution in [0.2, 0.25) is 0 Å². The SMILES string of the molecule is CCCCC(OC(=O)C1=CN(CC)c2cc3oc(=O)oc3cc2C1)C(=O)OCC. The summed E-state index contributed by atoms with van der Waals surface area (Å²) in [7, 11) is 0. The molecule has 156 valence electrons. The molecule has 0 bridgehead atoms. The summed E-state index contributed by atoms with van der Waals surface area (Å²) in [6.07, 6.45) is 3.11. The number of nitrogens with zero attached hydrogens (tertiary/aromatic N) is 1. The molecule has 0 fully saturated rings. The number of carbonyl (C=O) groups is 2. The lowest BCUT2D eigenvalue weighted by Crippen LogP contribution is -2.32. The highest BCUT2D eigenvalue weighted by atomic mass is 16.6. The van der Waals surface area contributed by atoms with E-state index in [1.54, 1.807) is 25.3 Å². The van der Waals surface area contributed by atoms with Gasteiger partial charge in [-0.05, 0) is 38.3 Å². The molecule has 0 amide bonds. The standard InChI is InChI=1S/C21H25NO7/c1-4-7-8-16(20(24)26-6-3)27-19(23)14-9-13-10-17-18(29-21(25)28-17)11-15(13)22(5-2)12-14/h10-12,16H,4-9H2,1-3H3. The zero-order valence-corrected chi connectivity index (χ0v) is 16.9. The molecule has 0 radical (unpaired) electrons. The van der Waals surface area contributed by atoms with Crippen LogP contribution >= 0.6 is 0 Å². The van der Waals surface area contributed by atoms with Gasteiger partial charge in [0, 0.05) is 30.9 Å². The molecule has 2 aromatic rings. The van der Waals surface area contributed by atoms with E-state index in [0.717, 1.165) is 24.1 Å². The van der Waals surface area contributed by atoms with Gasteiger partial charge in [-0.1, -0.05) is 13.3 Å². The van der Waals surface area contributed by atoms with E-state index in [1.165, 1.54) is 0 Å². The Labute approximate surface area is 168 Å². The van der Waals surface area contributed by atoms with E-state index >= 15 is 0 Å². The van der Waals surface area contributed by atoms with Gasteiger partial charge in [-0.2, -0.15) is 0 Å². The first kappa shape index (κ1) is 20.7. The number of carbonyl (C=O) groups excluding carboxylic acids is 2. The highest BCUT2D eigenvalue weighted by Crippen LogP contribution is 2.33. The third-order valence-electron chi connectivity index (χ3n) is 4.76. The Morgan fingerprint density at radius 2 is 1.90 bits per heavy atom. The molecule has 1 aromatic heterocycles. The largest absolute Gasteiger partial charge is 0.519 e. The van der Waals surface area contributed by atoms with Crippen LogP contribution in [-0.2, 0) is 25.5 Å². The number of hydrogen-bond acceptors (Lipinski definition) is 8. The molecular weight excluding hydrogens is 378 g/mol. The fraction of sp³-hybridized carbons (Fsp3) is 0.476. The summed E-state index contributed by atoms with van der Waals surface area (Å²) in [5.74, 6) is -1.86. The van der Waals surface area contributed by atoms with Crippen molar-refractivity contribution in [1.82, 2.24) is 0 Å². The molecule has 8 nitrogen and oxygen atoms in total. The third kappa shape index (κ3) is 4.52. The van der Waals surface area contributed by atoms with Gasteiger partial charge in [0.25, 0.3) is 0 Å². The predicted molar refractivity (Wildman–Crippen MR) is 106 cm³/mol. The van der Waals surface area contributed by atoms with Crippen LogP contribution in [0.1, 0.15) is 45.6 Å². The van der Waals surface area contributed by atoms with Gasteiger partial charge in [0.2, 0.25) is 0 Å². The predicted octanol–water partition coefficient (Wildman–Crippen LogP) is 3.32. The average Bonchev–Trinajstić information content (AvgIpc) is 3.07. The number of hydrogen-bond donors (Lipinski definition) is 0. The number of fused-ring (bicyclic) bond motifs is 2. The van der Waals surface area contributed by atoms with E-state index in [1.807, 2.05) is 18.7 Å². The minimum atomic E-state index is -0.922. The van der Waals surface area contributed by atoms with Crippen LogP contribution in [-0.4, -0.2) is 31.2 Å². The van der Waals surface area contributed by atoms with Crippen LogP contribution in [0.25, 0.3) is 11.2 Å². The number of benzene rings is 1. The quantitative estimate of drug-likeness (QED) is 0.619. The number of anilines is 1. The van der Waals surface area contributed by atoms with Crippen molar-refractivity contribution in [3.63, 3.8) is 0 Å². The summed E-state index contributed by atoms with van der Waals surface area (Å²) >= 11 is 0. The summed E-state index contributed by atoms with van der Waals surface area (Å²) in [6, 6.07) is 3.42. The zero-order valence-electron chi connectivity index (χ0n) is 16.9. The molecule has 0 spiro atoms. The van der Waals surface area contributed by atoms with Crippen LogP contribution in [0.15, 0.2) is 37.5 Å². The summed E-state index contributed by atoms with van der Waals surface area (Å²) in [4.78, 5) is 38.2. The van der Waals surface area contributed by atoms with Gasteiger partial charge in [-0.15, -0.1) is 0 Å². The molecule has 1 unspecified atom stereocenters. The van der Waals surface area contributed by atoms with Gasteiger partial charge in [0.1, 0.15) is 0 Å². The van der Waals surface area contributed by atoms with Crippen molar-refractivity contribution in [3.8, 4) is 0 Å². The van der Waals surface area contributed by atoms with Gasteiger partial charge in [-0.3, -0.25) is 0 Å². The van der Waals surface area contributed by atoms with E-state index in [0.29, 0.717) is 36.1 Å². The van der Waals surface area contributed by atoms with Crippen molar-refractivity contribution in [2.24, 2.45) is 0 Å². The van der Waals surface area contributed by atoms with E-state index < -0.39 is 23.9 Å². The Hall–Kier alpha value is -3.03. The molecule has 29 heavy (non-hydrogen) atoms. The maximum absolute atomic E-state index is 12.8. The highest BCUT2D eigenvalue weighted by molar-refractivity contribution is 5.93. The molecule has 0 aliphatic carbocycles. The molecule has 1 aliphatic heterocycles. The fourth-order valence-corrected chi connectivity index (χ4v) is 3.31. The normalized spacial score (nSPS) is 14.3. The molecule has 2 heterocycles. The van der Waals surface area contributed by atoms with Gasteiger partial charge in [0.05, 0.1) is 12.2 Å². The Bertz CT molecular complexity index is 985. The molecule has 3 rings (SSSR count). The van der Waals surface area contributed by atoms with Crippen LogP contribution in [0.4, 0.5) is 5.69 Å². The lowest BCUT2D eigenvalue weighted by atomic mass is 9.99. The van der Waals surface area contributed by atoms with Crippen LogP contribution in [0.3, 0.4) is 0 Å². The lowest BCUT2D eigenvalue weighted by Gasteiger charge is -2.28. The Kier molecular flexibility index (Phi) is 6.41. The maximum atomic E-state index is 12.8. The first-order valence-electron chi connectivity index (χ1n) is 9.88. The van der Waals surface area contributed by atoms with Gasteiger partial charge < -0.3 is 23.2 Å². The number of ether oxygens (including phenoxy) is 2. The second-order valence-corrected chi connectivity index (χ2v) is 6.79. The monoisotopic (exact) mass is 403 g/mol. The van der Waals surface area contributed by atoms with Crippen molar-refractivity contribution < 1.29 is 27.9 Å². The smallest absolute Gasteiger partial charge is 0.463 e. The Morgan fingerprint density at radius 3 is 2.55 bits per heavy atom. The molecule has 1 aromatic carbocycles. The molecule has 0 N–H and O–H groups in total. The highest BCUT2D eigenvalue weighted by Gasteiger charge is 2.29. The van der Waals surface area contributed by atoms with Crippen molar-refractivity contribution in [2.75, 3.05) is 18.1 Å². The molecule has 1 aliphatic rings. The molecular formula is C21H25NO7. The first-order chi connectivity index (χ1) is 14.0. The van der Waals surface area contributed by atoms with E-state index in [9.17, 15) is 14.4 Å². The summed E-state index contributed by atoms with van der Waals surface area (Å²) in [5, 5.41) is 0. The Morgan fingerprint density at radius 1 is 1.17 bits per heavy atom. The molecule has 0 saturated heterocycles. The minimum absolute atomic E-state index is 0.227. The summed E-state index contributed by atoms with van der Waals surface area (Å²) in [6.45, 7) is 6.47. The van der Waals surface area contributed by atoms with Crippen LogP contribution in [0.5, 0.6) is 0 Å². The third-order valence-corrected chi connectivity index (χ3v) is 4.76. The molecule has 1 atom stereocenters. The Balaban J connectivity index is 1.83. The fourth-order valence-electron chi connectivity index (χ4n) is 3.31. The minimum Gasteiger partial charge on any atom is -0.463 e. The summed E-state index contributed by atoms with van der Waals surface area (Å²) < 4.78 is 20.6. The lowest BCUT2D eigenvalue weighted by molar-refractivity contribution is -0.166. The van der Waals surface area contributed by atoms with Crippen molar-refractivity contribution in [2.45, 2.75) is 52.6 Å². The number of unbranched alkanes of at least 4 members (excludes halogenated alkanes) is 1. The molecule has 8 heteroatoms. The van der Waals surface area contributed by atoms with Gasteiger partial charge in [0.15, 0.2) is 17.3 Å². The maximum Gasteiger partial charge on any atom is 0.519 e. The van der Waals surface area contributed by atoms with E-state index in [2.05, 4.69) is 0 Å². The second-order valence-electron chi connectivity index (χ2n) is 6.79. The topological polar surface area (TPSA) is 99.2 Å². The van der Waals surface area contributed by atoms with E-state index in [4.69, 9.17) is 18.3 Å². The van der Waals surface area contributed by atoms with Crippen molar-refractivity contribution in [1.29, 1.82) is 0 Å². The first-order valence-corrected chi connectivity index (χ1v) is 9.88.